The van der Waals surface area contributed by atoms with E-state index >= 15 is 0 Å². The first-order chi connectivity index (χ1) is 21.2. The van der Waals surface area contributed by atoms with Gasteiger partial charge in [0.05, 0.1) is 22.5 Å². The van der Waals surface area contributed by atoms with Gasteiger partial charge in [-0.25, -0.2) is 8.42 Å². The Bertz CT molecular complexity index is 1600. The molecule has 1 aliphatic rings. The Labute approximate surface area is 267 Å². The maximum atomic E-state index is 14.3. The Morgan fingerprint density at radius 3 is 2.24 bits per heavy atom. The van der Waals surface area contributed by atoms with E-state index in [0.717, 1.165) is 67.2 Å². The minimum atomic E-state index is -4.78. The standard InChI is InChI=1S/C33H37ClF3N3O4S/c1-23-11-9-10-14-25(23)21-39(30(19-24-12-5-3-6-13-24)32(42)38-27-15-7-4-8-16-27)31(41)22-40(45(2,43)44)29-20-26(33(35,36)37)17-18-28(29)34/h3,5-6,9-14,17-18,20,27,30H,4,7-8,15-16,19,21-22H2,1-2H3,(H,38,42). The van der Waals surface area contributed by atoms with E-state index in [-0.39, 0.29) is 29.9 Å². The molecule has 3 aromatic rings. The molecule has 1 aliphatic carbocycles. The fraction of sp³-hybridized carbons (Fsp3) is 0.394. The highest BCUT2D eigenvalue weighted by Crippen LogP contribution is 2.36. The average Bonchev–Trinajstić information content (AvgIpc) is 2.98. The van der Waals surface area contributed by atoms with Gasteiger partial charge >= 0.3 is 6.18 Å². The van der Waals surface area contributed by atoms with Gasteiger partial charge in [0.2, 0.25) is 21.8 Å². The molecule has 0 saturated heterocycles. The van der Waals surface area contributed by atoms with E-state index in [1.165, 1.54) is 4.90 Å². The maximum Gasteiger partial charge on any atom is 0.416 e. The van der Waals surface area contributed by atoms with Crippen LogP contribution in [0.5, 0.6) is 0 Å². The zero-order valence-corrected chi connectivity index (χ0v) is 26.8. The molecule has 1 N–H and O–H groups in total. The summed E-state index contributed by atoms with van der Waals surface area (Å²) in [5, 5.41) is 2.84. The van der Waals surface area contributed by atoms with Crippen LogP contribution in [-0.4, -0.2) is 50.0 Å². The van der Waals surface area contributed by atoms with Crippen LogP contribution in [0.3, 0.4) is 0 Å². The first kappa shape index (κ1) is 34.3. The summed E-state index contributed by atoms with van der Waals surface area (Å²) < 4.78 is 67.4. The van der Waals surface area contributed by atoms with E-state index in [2.05, 4.69) is 5.32 Å². The van der Waals surface area contributed by atoms with Crippen molar-refractivity contribution in [2.75, 3.05) is 17.1 Å². The number of amides is 2. The second kappa shape index (κ2) is 14.7. The Morgan fingerprint density at radius 1 is 0.978 bits per heavy atom. The number of nitrogens with zero attached hydrogens (tertiary/aromatic N) is 2. The monoisotopic (exact) mass is 663 g/mol. The summed E-state index contributed by atoms with van der Waals surface area (Å²) in [5.41, 5.74) is 0.766. The van der Waals surface area contributed by atoms with Gasteiger partial charge in [-0.15, -0.1) is 0 Å². The van der Waals surface area contributed by atoms with Crippen molar-refractivity contribution < 1.29 is 31.2 Å². The van der Waals surface area contributed by atoms with E-state index in [9.17, 15) is 31.2 Å². The predicted octanol–water partition coefficient (Wildman–Crippen LogP) is 6.52. The number of hydrogen-bond acceptors (Lipinski definition) is 4. The third-order valence-electron chi connectivity index (χ3n) is 8.05. The molecule has 0 heterocycles. The van der Waals surface area contributed by atoms with E-state index in [1.807, 2.05) is 55.5 Å². The van der Waals surface area contributed by atoms with Gasteiger partial charge in [-0.1, -0.05) is 85.5 Å². The largest absolute Gasteiger partial charge is 0.416 e. The Morgan fingerprint density at radius 2 is 1.62 bits per heavy atom. The first-order valence-corrected chi connectivity index (χ1v) is 17.0. The minimum Gasteiger partial charge on any atom is -0.352 e. The van der Waals surface area contributed by atoms with Gasteiger partial charge < -0.3 is 10.2 Å². The molecule has 0 spiro atoms. The van der Waals surface area contributed by atoms with Crippen LogP contribution >= 0.6 is 11.6 Å². The topological polar surface area (TPSA) is 86.8 Å². The number of rotatable bonds is 11. The molecule has 4 rings (SSSR count). The van der Waals surface area contributed by atoms with Gasteiger partial charge in [-0.05, 0) is 54.7 Å². The van der Waals surface area contributed by atoms with Crippen LogP contribution in [0.15, 0.2) is 72.8 Å². The number of anilines is 1. The van der Waals surface area contributed by atoms with Gasteiger partial charge in [0.1, 0.15) is 12.6 Å². The molecule has 0 radical (unpaired) electrons. The first-order valence-electron chi connectivity index (χ1n) is 14.8. The van der Waals surface area contributed by atoms with Crippen molar-refractivity contribution in [3.05, 3.63) is 100 Å². The summed E-state index contributed by atoms with van der Waals surface area (Å²) in [4.78, 5) is 29.6. The summed E-state index contributed by atoms with van der Waals surface area (Å²) >= 11 is 6.23. The molecule has 45 heavy (non-hydrogen) atoms. The zero-order valence-electron chi connectivity index (χ0n) is 25.2. The number of halogens is 4. The number of sulfonamides is 1. The second-order valence-corrected chi connectivity index (χ2v) is 13.7. The lowest BCUT2D eigenvalue weighted by atomic mass is 9.94. The van der Waals surface area contributed by atoms with Gasteiger partial charge in [0, 0.05) is 19.0 Å². The summed E-state index contributed by atoms with van der Waals surface area (Å²) in [6, 6.07) is 17.6. The van der Waals surface area contributed by atoms with Crippen LogP contribution in [-0.2, 0) is 38.8 Å². The average molecular weight is 664 g/mol. The van der Waals surface area contributed by atoms with Crippen LogP contribution in [0.25, 0.3) is 0 Å². The lowest BCUT2D eigenvalue weighted by molar-refractivity contribution is -0.140. The lowest BCUT2D eigenvalue weighted by Gasteiger charge is -2.35. The molecule has 1 fully saturated rings. The molecular weight excluding hydrogens is 627 g/mol. The SMILES string of the molecule is Cc1ccccc1CN(C(=O)CN(c1cc(C(F)(F)F)ccc1Cl)S(C)(=O)=O)C(Cc1ccccc1)C(=O)NC1CCCCC1. The molecular formula is C33H37ClF3N3O4S. The van der Waals surface area contributed by atoms with Gasteiger partial charge in [-0.2, -0.15) is 13.2 Å². The Kier molecular flexibility index (Phi) is 11.2. The Balaban J connectivity index is 1.77. The number of benzene rings is 3. The molecule has 1 unspecified atom stereocenters. The molecule has 7 nitrogen and oxygen atoms in total. The number of aryl methyl sites for hydroxylation is 1. The smallest absolute Gasteiger partial charge is 0.352 e. The number of carbonyl (C=O) groups excluding carboxylic acids is 2. The highest BCUT2D eigenvalue weighted by molar-refractivity contribution is 7.92. The lowest BCUT2D eigenvalue weighted by Crippen LogP contribution is -2.55. The zero-order chi connectivity index (χ0) is 32.8. The predicted molar refractivity (Wildman–Crippen MR) is 169 cm³/mol. The molecule has 0 bridgehead atoms. The van der Waals surface area contributed by atoms with Crippen LogP contribution in [0.4, 0.5) is 18.9 Å². The summed E-state index contributed by atoms with van der Waals surface area (Å²) in [6.07, 6.45) is 0.803. The van der Waals surface area contributed by atoms with Gasteiger partial charge in [-0.3, -0.25) is 13.9 Å². The highest BCUT2D eigenvalue weighted by Gasteiger charge is 2.36. The molecule has 1 saturated carbocycles. The third-order valence-corrected chi connectivity index (χ3v) is 9.49. The third kappa shape index (κ3) is 9.23. The number of nitrogens with one attached hydrogen (secondary N) is 1. The second-order valence-electron chi connectivity index (χ2n) is 11.4. The summed E-state index contributed by atoms with van der Waals surface area (Å²) in [6.45, 7) is 0.959. The van der Waals surface area contributed by atoms with Crippen molar-refractivity contribution in [2.24, 2.45) is 0 Å². The molecule has 242 valence electrons. The van der Waals surface area contributed by atoms with Crippen LogP contribution in [0, 0.1) is 6.92 Å². The molecule has 0 aromatic heterocycles. The molecule has 2 amide bonds. The number of carbonyl (C=O) groups is 2. The normalized spacial score (nSPS) is 14.9. The molecule has 0 aliphatic heterocycles. The van der Waals surface area contributed by atoms with E-state index in [1.54, 1.807) is 6.07 Å². The van der Waals surface area contributed by atoms with E-state index < -0.39 is 45.9 Å². The molecule has 3 aromatic carbocycles. The molecule has 1 atom stereocenters. The van der Waals surface area contributed by atoms with Crippen molar-refractivity contribution in [1.29, 1.82) is 0 Å². The fourth-order valence-electron chi connectivity index (χ4n) is 5.54. The number of hydrogen-bond donors (Lipinski definition) is 1. The van der Waals surface area contributed by atoms with Crippen LogP contribution in [0.1, 0.15) is 54.4 Å². The van der Waals surface area contributed by atoms with Crippen LogP contribution in [0.2, 0.25) is 5.02 Å². The van der Waals surface area contributed by atoms with Gasteiger partial charge in [0.15, 0.2) is 0 Å². The van der Waals surface area contributed by atoms with Crippen molar-refractivity contribution in [3.63, 3.8) is 0 Å². The van der Waals surface area contributed by atoms with E-state index in [4.69, 9.17) is 11.6 Å². The summed E-state index contributed by atoms with van der Waals surface area (Å²) in [5.74, 6) is -1.15. The fourth-order valence-corrected chi connectivity index (χ4v) is 6.67. The van der Waals surface area contributed by atoms with E-state index in [0.29, 0.717) is 10.4 Å². The van der Waals surface area contributed by atoms with Crippen molar-refractivity contribution in [1.82, 2.24) is 10.2 Å². The van der Waals surface area contributed by atoms with Gasteiger partial charge in [0.25, 0.3) is 0 Å². The highest BCUT2D eigenvalue weighted by atomic mass is 35.5. The quantitative estimate of drug-likeness (QED) is 0.253. The number of alkyl halides is 3. The van der Waals surface area contributed by atoms with Crippen molar-refractivity contribution in [3.8, 4) is 0 Å². The van der Waals surface area contributed by atoms with Crippen LogP contribution < -0.4 is 9.62 Å². The minimum absolute atomic E-state index is 0.0327. The Hall–Kier alpha value is -3.57. The summed E-state index contributed by atoms with van der Waals surface area (Å²) in [7, 11) is -4.31. The molecule has 12 heteroatoms. The van der Waals surface area contributed by atoms with Crippen molar-refractivity contribution in [2.45, 2.75) is 70.3 Å². The maximum absolute atomic E-state index is 14.3. The van der Waals surface area contributed by atoms with Crippen molar-refractivity contribution >= 4 is 39.1 Å².